The number of nitrogens with one attached hydrogen (secondary N) is 1. The average Bonchev–Trinajstić information content (AvgIpc) is 2.33. The Morgan fingerprint density at radius 1 is 1.17 bits per heavy atom. The Morgan fingerprint density at radius 2 is 1.83 bits per heavy atom. The van der Waals surface area contributed by atoms with E-state index in [9.17, 15) is 0 Å². The van der Waals surface area contributed by atoms with Gasteiger partial charge in [0, 0.05) is 28.3 Å². The molecule has 0 spiro atoms. The topological polar surface area (TPSA) is 15.3 Å². The lowest BCUT2D eigenvalue weighted by molar-refractivity contribution is 0.0608. The molecule has 2 bridgehead atoms. The molecule has 3 heteroatoms. The van der Waals surface area contributed by atoms with Crippen molar-refractivity contribution < 1.29 is 0 Å². The van der Waals surface area contributed by atoms with Crippen LogP contribution in [0.25, 0.3) is 0 Å². The molecule has 18 heavy (non-hydrogen) atoms. The van der Waals surface area contributed by atoms with Gasteiger partial charge in [0.15, 0.2) is 0 Å². The first-order valence-electron chi connectivity index (χ1n) is 6.97. The van der Waals surface area contributed by atoms with Crippen LogP contribution in [0.4, 0.5) is 5.69 Å². The van der Waals surface area contributed by atoms with Crippen molar-refractivity contribution in [1.82, 2.24) is 4.90 Å². The maximum absolute atomic E-state index is 3.72. The highest BCUT2D eigenvalue weighted by atomic mass is 79.9. The SMILES string of the molecule is CN1[C@@H]2CCC[C@H]1CC(Nc1ccccc1Br)C2. The largest absolute Gasteiger partial charge is 0.381 e. The van der Waals surface area contributed by atoms with E-state index in [1.165, 1.54) is 42.3 Å². The van der Waals surface area contributed by atoms with Crippen molar-refractivity contribution in [3.63, 3.8) is 0 Å². The second-order valence-corrected chi connectivity index (χ2v) is 6.55. The monoisotopic (exact) mass is 308 g/mol. The summed E-state index contributed by atoms with van der Waals surface area (Å²) in [6.45, 7) is 0. The molecule has 1 aromatic rings. The summed E-state index contributed by atoms with van der Waals surface area (Å²) in [6.07, 6.45) is 6.74. The van der Waals surface area contributed by atoms with Gasteiger partial charge in [-0.15, -0.1) is 0 Å². The number of hydrogen-bond acceptors (Lipinski definition) is 2. The quantitative estimate of drug-likeness (QED) is 0.892. The van der Waals surface area contributed by atoms with Gasteiger partial charge in [0.1, 0.15) is 0 Å². The van der Waals surface area contributed by atoms with Crippen LogP contribution in [-0.2, 0) is 0 Å². The molecular weight excluding hydrogens is 288 g/mol. The van der Waals surface area contributed by atoms with Crippen LogP contribution in [0.2, 0.25) is 0 Å². The van der Waals surface area contributed by atoms with Gasteiger partial charge in [-0.3, -0.25) is 0 Å². The van der Waals surface area contributed by atoms with Crippen molar-refractivity contribution in [2.45, 2.75) is 50.2 Å². The van der Waals surface area contributed by atoms with Crippen LogP contribution in [0.1, 0.15) is 32.1 Å². The second kappa shape index (κ2) is 5.22. The van der Waals surface area contributed by atoms with E-state index < -0.39 is 0 Å². The van der Waals surface area contributed by atoms with Crippen molar-refractivity contribution in [2.24, 2.45) is 0 Å². The Hall–Kier alpha value is -0.540. The zero-order valence-electron chi connectivity index (χ0n) is 10.9. The molecule has 0 aliphatic carbocycles. The van der Waals surface area contributed by atoms with Crippen LogP contribution in [-0.4, -0.2) is 30.1 Å². The number of halogens is 1. The number of para-hydroxylation sites is 1. The zero-order valence-corrected chi connectivity index (χ0v) is 12.5. The number of piperidine rings is 2. The Labute approximate surface area is 118 Å². The fourth-order valence-corrected chi connectivity index (χ4v) is 3.93. The molecule has 2 aliphatic heterocycles. The number of nitrogens with zero attached hydrogens (tertiary/aromatic N) is 1. The van der Waals surface area contributed by atoms with Crippen molar-refractivity contribution in [3.8, 4) is 0 Å². The molecular formula is C15H21BrN2. The van der Waals surface area contributed by atoms with Crippen molar-refractivity contribution in [1.29, 1.82) is 0 Å². The summed E-state index contributed by atoms with van der Waals surface area (Å²) in [5.41, 5.74) is 1.24. The molecule has 2 saturated heterocycles. The summed E-state index contributed by atoms with van der Waals surface area (Å²) in [4.78, 5) is 2.61. The van der Waals surface area contributed by atoms with Crippen LogP contribution in [0.15, 0.2) is 28.7 Å². The van der Waals surface area contributed by atoms with Gasteiger partial charge in [0.05, 0.1) is 0 Å². The highest BCUT2D eigenvalue weighted by Gasteiger charge is 2.35. The van der Waals surface area contributed by atoms with Gasteiger partial charge >= 0.3 is 0 Å². The first-order chi connectivity index (χ1) is 8.74. The third-order valence-electron chi connectivity index (χ3n) is 4.57. The van der Waals surface area contributed by atoms with Crippen LogP contribution < -0.4 is 5.32 Å². The van der Waals surface area contributed by atoms with Gasteiger partial charge in [-0.2, -0.15) is 0 Å². The average molecular weight is 309 g/mol. The van der Waals surface area contributed by atoms with Crippen LogP contribution in [0.5, 0.6) is 0 Å². The van der Waals surface area contributed by atoms with Gasteiger partial charge in [0.2, 0.25) is 0 Å². The summed E-state index contributed by atoms with van der Waals surface area (Å²) in [6, 6.07) is 10.7. The van der Waals surface area contributed by atoms with Gasteiger partial charge < -0.3 is 10.2 Å². The Morgan fingerprint density at radius 3 is 2.50 bits per heavy atom. The van der Waals surface area contributed by atoms with E-state index in [0.29, 0.717) is 6.04 Å². The third kappa shape index (κ3) is 2.43. The lowest BCUT2D eigenvalue weighted by atomic mass is 9.82. The minimum atomic E-state index is 0.634. The molecule has 2 aliphatic rings. The molecule has 1 aromatic carbocycles. The van der Waals surface area contributed by atoms with E-state index in [0.717, 1.165) is 12.1 Å². The standard InChI is InChI=1S/C15H21BrN2/c1-18-12-5-4-6-13(18)10-11(9-12)17-15-8-3-2-7-14(15)16/h2-3,7-8,11-13,17H,4-6,9-10H2,1H3/t11?,12-,13+. The van der Waals surface area contributed by atoms with E-state index >= 15 is 0 Å². The van der Waals surface area contributed by atoms with Gasteiger partial charge in [0.25, 0.3) is 0 Å². The normalized spacial score (nSPS) is 32.2. The summed E-state index contributed by atoms with van der Waals surface area (Å²) in [5, 5.41) is 3.72. The fraction of sp³-hybridized carbons (Fsp3) is 0.600. The maximum atomic E-state index is 3.72. The molecule has 2 nitrogen and oxygen atoms in total. The predicted octanol–water partition coefficient (Wildman–Crippen LogP) is 3.88. The number of fused-ring (bicyclic) bond motifs is 2. The molecule has 98 valence electrons. The molecule has 0 radical (unpaired) electrons. The van der Waals surface area contributed by atoms with E-state index in [2.05, 4.69) is 57.5 Å². The lowest BCUT2D eigenvalue weighted by Crippen LogP contribution is -2.52. The number of hydrogen-bond donors (Lipinski definition) is 1. The Bertz CT molecular complexity index is 407. The lowest BCUT2D eigenvalue weighted by Gasteiger charge is -2.47. The van der Waals surface area contributed by atoms with Crippen molar-refractivity contribution in [3.05, 3.63) is 28.7 Å². The van der Waals surface area contributed by atoms with Crippen LogP contribution in [0, 0.1) is 0 Å². The molecule has 0 saturated carbocycles. The molecule has 3 rings (SSSR count). The van der Waals surface area contributed by atoms with Gasteiger partial charge in [-0.1, -0.05) is 18.6 Å². The third-order valence-corrected chi connectivity index (χ3v) is 5.26. The summed E-state index contributed by atoms with van der Waals surface area (Å²) in [5.74, 6) is 0. The van der Waals surface area contributed by atoms with Crippen LogP contribution in [0.3, 0.4) is 0 Å². The van der Waals surface area contributed by atoms with Gasteiger partial charge in [-0.25, -0.2) is 0 Å². The summed E-state index contributed by atoms with van der Waals surface area (Å²) in [7, 11) is 2.31. The first-order valence-corrected chi connectivity index (χ1v) is 7.76. The highest BCUT2D eigenvalue weighted by molar-refractivity contribution is 9.10. The first kappa shape index (κ1) is 12.5. The highest BCUT2D eigenvalue weighted by Crippen LogP contribution is 2.34. The number of rotatable bonds is 2. The molecule has 1 unspecified atom stereocenters. The van der Waals surface area contributed by atoms with Crippen molar-refractivity contribution in [2.75, 3.05) is 12.4 Å². The van der Waals surface area contributed by atoms with E-state index in [4.69, 9.17) is 0 Å². The molecule has 2 fully saturated rings. The fourth-order valence-electron chi connectivity index (χ4n) is 3.53. The molecule has 1 N–H and O–H groups in total. The Kier molecular flexibility index (Phi) is 3.62. The minimum absolute atomic E-state index is 0.634. The van der Waals surface area contributed by atoms with Crippen LogP contribution >= 0.6 is 15.9 Å². The molecule has 0 aromatic heterocycles. The van der Waals surface area contributed by atoms with E-state index in [1.807, 2.05) is 0 Å². The molecule has 2 heterocycles. The summed E-state index contributed by atoms with van der Waals surface area (Å²) >= 11 is 3.62. The maximum Gasteiger partial charge on any atom is 0.0486 e. The predicted molar refractivity (Wildman–Crippen MR) is 80.0 cm³/mol. The van der Waals surface area contributed by atoms with Crippen molar-refractivity contribution >= 4 is 21.6 Å². The second-order valence-electron chi connectivity index (χ2n) is 5.70. The van der Waals surface area contributed by atoms with Gasteiger partial charge in [-0.05, 0) is 60.8 Å². The summed E-state index contributed by atoms with van der Waals surface area (Å²) < 4.78 is 1.18. The minimum Gasteiger partial charge on any atom is -0.381 e. The number of anilines is 1. The molecule has 0 amide bonds. The number of benzene rings is 1. The van der Waals surface area contributed by atoms with E-state index in [-0.39, 0.29) is 0 Å². The van der Waals surface area contributed by atoms with E-state index in [1.54, 1.807) is 0 Å². The Balaban J connectivity index is 1.70. The zero-order chi connectivity index (χ0) is 12.5. The molecule has 3 atom stereocenters. The smallest absolute Gasteiger partial charge is 0.0486 e.